The van der Waals surface area contributed by atoms with Crippen LogP contribution in [0, 0.1) is 0 Å². The lowest BCUT2D eigenvalue weighted by molar-refractivity contribution is -0.348. The molecule has 2 fully saturated rings. The van der Waals surface area contributed by atoms with E-state index >= 15 is 0 Å². The highest BCUT2D eigenvalue weighted by Crippen LogP contribution is 2.54. The van der Waals surface area contributed by atoms with Gasteiger partial charge in [-0.05, 0) is 48.9 Å². The van der Waals surface area contributed by atoms with E-state index in [4.69, 9.17) is 0 Å². The Morgan fingerprint density at radius 3 is 2.19 bits per heavy atom. The lowest BCUT2D eigenvalue weighted by atomic mass is 9.77. The van der Waals surface area contributed by atoms with Gasteiger partial charge in [0.1, 0.15) is 0 Å². The van der Waals surface area contributed by atoms with E-state index in [-0.39, 0.29) is 30.3 Å². The van der Waals surface area contributed by atoms with Crippen LogP contribution in [0.5, 0.6) is 0 Å². The largest absolute Gasteiger partial charge is 0.435 e. The summed E-state index contributed by atoms with van der Waals surface area (Å²) in [7, 11) is 0. The molecule has 0 radical (unpaired) electrons. The van der Waals surface area contributed by atoms with Crippen LogP contribution in [0.2, 0.25) is 0 Å². The molecule has 2 heterocycles. The number of carbonyl (C=O) groups is 1. The fourth-order valence-corrected chi connectivity index (χ4v) is 6.17. The summed E-state index contributed by atoms with van der Waals surface area (Å²) in [5.41, 5.74) is -4.86. The number of nitrogens with zero attached hydrogens (tertiary/aromatic N) is 2. The number of amides is 1. The van der Waals surface area contributed by atoms with Crippen LogP contribution < -0.4 is 0 Å². The third kappa shape index (κ3) is 3.97. The van der Waals surface area contributed by atoms with Crippen LogP contribution in [0.4, 0.5) is 30.7 Å². The van der Waals surface area contributed by atoms with Gasteiger partial charge in [0.05, 0.1) is 6.04 Å². The molecule has 3 atom stereocenters. The number of likely N-dealkylation sites (tertiary alicyclic amines) is 2. The number of fused-ring (bicyclic) bond motifs is 3. The predicted molar refractivity (Wildman–Crippen MR) is 118 cm³/mol. The van der Waals surface area contributed by atoms with Crippen LogP contribution in [-0.4, -0.2) is 53.2 Å². The zero-order valence-electron chi connectivity index (χ0n) is 19.2. The van der Waals surface area contributed by atoms with Gasteiger partial charge in [0.2, 0.25) is 5.91 Å². The fourth-order valence-electron chi connectivity index (χ4n) is 6.17. The second-order valence-corrected chi connectivity index (χ2v) is 9.86. The van der Waals surface area contributed by atoms with Crippen molar-refractivity contribution in [1.29, 1.82) is 0 Å². The first-order valence-electron chi connectivity index (χ1n) is 12.0. The fraction of sp³-hybridized carbons (Fsp3) is 0.500. The molecular weight excluding hydrogens is 489 g/mol. The second kappa shape index (κ2) is 8.75. The highest BCUT2D eigenvalue weighted by atomic mass is 19.4. The molecule has 0 bridgehead atoms. The number of alkyl halides is 7. The van der Waals surface area contributed by atoms with Crippen molar-refractivity contribution in [2.24, 2.45) is 0 Å². The first-order valence-corrected chi connectivity index (χ1v) is 12.0. The summed E-state index contributed by atoms with van der Waals surface area (Å²) < 4.78 is 93.9. The molecule has 1 aliphatic carbocycles. The lowest BCUT2D eigenvalue weighted by Gasteiger charge is -2.37. The van der Waals surface area contributed by atoms with Gasteiger partial charge in [-0.2, -0.15) is 26.3 Å². The van der Waals surface area contributed by atoms with Gasteiger partial charge in [0.25, 0.3) is 0 Å². The van der Waals surface area contributed by atoms with Crippen LogP contribution >= 0.6 is 0 Å². The highest BCUT2D eigenvalue weighted by molar-refractivity contribution is 5.84. The van der Waals surface area contributed by atoms with E-state index in [1.807, 2.05) is 35.2 Å². The van der Waals surface area contributed by atoms with Crippen LogP contribution in [-0.2, 0) is 23.4 Å². The van der Waals surface area contributed by atoms with Crippen LogP contribution in [0.25, 0.3) is 0 Å². The molecule has 2 saturated heterocycles. The Hall–Kier alpha value is -2.62. The molecule has 3 unspecified atom stereocenters. The van der Waals surface area contributed by atoms with Crippen molar-refractivity contribution in [3.63, 3.8) is 0 Å². The molecule has 194 valence electrons. The van der Waals surface area contributed by atoms with Crippen molar-refractivity contribution < 1.29 is 35.5 Å². The maximum absolute atomic E-state index is 14.6. The van der Waals surface area contributed by atoms with E-state index in [2.05, 4.69) is 4.90 Å². The van der Waals surface area contributed by atoms with Crippen molar-refractivity contribution in [1.82, 2.24) is 9.80 Å². The molecule has 5 rings (SSSR count). The van der Waals surface area contributed by atoms with E-state index in [0.717, 1.165) is 11.6 Å². The van der Waals surface area contributed by atoms with E-state index in [9.17, 15) is 35.5 Å². The number of aryl methyl sites for hydroxylation is 1. The topological polar surface area (TPSA) is 23.6 Å². The number of hydrogen-bond acceptors (Lipinski definition) is 2. The summed E-state index contributed by atoms with van der Waals surface area (Å²) in [6.07, 6.45) is -10.2. The Balaban J connectivity index is 1.35. The molecule has 3 aliphatic rings. The minimum absolute atomic E-state index is 0.0330. The SMILES string of the molecule is O=C1C(N2CCC3c4ccc(C(F)(C(F)(F)F)C(F)(F)F)cc4CCC32)CCN1Cc1ccccc1. The molecule has 0 aromatic heterocycles. The van der Waals surface area contributed by atoms with E-state index in [0.29, 0.717) is 56.1 Å². The average molecular weight is 514 g/mol. The molecule has 2 aromatic rings. The number of halogens is 7. The molecule has 1 amide bonds. The first-order chi connectivity index (χ1) is 16.9. The van der Waals surface area contributed by atoms with Gasteiger partial charge >= 0.3 is 18.0 Å². The number of hydrogen-bond donors (Lipinski definition) is 0. The van der Waals surface area contributed by atoms with E-state index in [1.165, 1.54) is 6.07 Å². The first kappa shape index (κ1) is 25.0. The Morgan fingerprint density at radius 2 is 1.53 bits per heavy atom. The second-order valence-electron chi connectivity index (χ2n) is 9.86. The molecule has 36 heavy (non-hydrogen) atoms. The van der Waals surface area contributed by atoms with Crippen LogP contribution in [0.1, 0.15) is 47.4 Å². The van der Waals surface area contributed by atoms with Gasteiger partial charge in [-0.25, -0.2) is 4.39 Å². The third-order valence-corrected chi connectivity index (χ3v) is 7.91. The molecular formula is C26H25F7N2O. The van der Waals surface area contributed by atoms with Crippen LogP contribution in [0.15, 0.2) is 48.5 Å². The number of rotatable bonds is 4. The normalized spacial score (nSPS) is 25.2. The quantitative estimate of drug-likeness (QED) is 0.476. The van der Waals surface area contributed by atoms with Crippen molar-refractivity contribution in [2.75, 3.05) is 13.1 Å². The van der Waals surface area contributed by atoms with Gasteiger partial charge in [0, 0.05) is 30.6 Å². The smallest absolute Gasteiger partial charge is 0.337 e. The Kier molecular flexibility index (Phi) is 6.08. The minimum Gasteiger partial charge on any atom is -0.337 e. The van der Waals surface area contributed by atoms with E-state index in [1.54, 1.807) is 0 Å². The molecule has 10 heteroatoms. The Bertz CT molecular complexity index is 1120. The Morgan fingerprint density at radius 1 is 0.833 bits per heavy atom. The molecule has 2 aliphatic heterocycles. The maximum Gasteiger partial charge on any atom is 0.435 e. The van der Waals surface area contributed by atoms with E-state index < -0.39 is 23.6 Å². The molecule has 2 aromatic carbocycles. The molecule has 3 nitrogen and oxygen atoms in total. The molecule has 0 saturated carbocycles. The predicted octanol–water partition coefficient (Wildman–Crippen LogP) is 5.88. The third-order valence-electron chi connectivity index (χ3n) is 7.91. The lowest BCUT2D eigenvalue weighted by Crippen LogP contribution is -2.50. The van der Waals surface area contributed by atoms with Gasteiger partial charge in [-0.15, -0.1) is 0 Å². The van der Waals surface area contributed by atoms with Crippen molar-refractivity contribution >= 4 is 5.91 Å². The van der Waals surface area contributed by atoms with Crippen molar-refractivity contribution in [2.45, 2.75) is 68.3 Å². The summed E-state index contributed by atoms with van der Waals surface area (Å²) in [5.74, 6) is -0.0808. The Labute approximate surface area is 203 Å². The maximum atomic E-state index is 14.6. The molecule has 0 spiro atoms. The van der Waals surface area contributed by atoms with Crippen molar-refractivity contribution in [3.05, 3.63) is 70.8 Å². The minimum atomic E-state index is -6.13. The monoisotopic (exact) mass is 514 g/mol. The number of carbonyl (C=O) groups excluding carboxylic acids is 1. The standard InChI is InChI=1S/C26H25F7N2O/c27-24(25(28,29)30,26(31,32)33)18-7-8-19-17(14-18)6-9-21-20(19)10-13-35(21)22-11-12-34(23(22)36)15-16-4-2-1-3-5-16/h1-5,7-8,14,20-22H,6,9-13,15H2. The van der Waals surface area contributed by atoms with Crippen molar-refractivity contribution in [3.8, 4) is 0 Å². The zero-order valence-corrected chi connectivity index (χ0v) is 19.2. The van der Waals surface area contributed by atoms with Gasteiger partial charge in [-0.1, -0.05) is 48.5 Å². The van der Waals surface area contributed by atoms with Gasteiger partial charge < -0.3 is 4.90 Å². The highest BCUT2D eigenvalue weighted by Gasteiger charge is 2.73. The summed E-state index contributed by atoms with van der Waals surface area (Å²) in [5, 5.41) is 0. The summed E-state index contributed by atoms with van der Waals surface area (Å²) in [6.45, 7) is 1.76. The summed E-state index contributed by atoms with van der Waals surface area (Å²) in [6, 6.07) is 11.9. The zero-order chi connectivity index (χ0) is 25.9. The number of benzene rings is 2. The summed E-state index contributed by atoms with van der Waals surface area (Å²) in [4.78, 5) is 17.2. The summed E-state index contributed by atoms with van der Waals surface area (Å²) >= 11 is 0. The molecule has 0 N–H and O–H groups in total. The van der Waals surface area contributed by atoms with Gasteiger partial charge in [-0.3, -0.25) is 9.69 Å². The van der Waals surface area contributed by atoms with Gasteiger partial charge in [0.15, 0.2) is 0 Å². The average Bonchev–Trinajstić information content (AvgIpc) is 3.40. The van der Waals surface area contributed by atoms with Crippen LogP contribution in [0.3, 0.4) is 0 Å².